The summed E-state index contributed by atoms with van der Waals surface area (Å²) in [5.74, 6) is -0.0570. The summed E-state index contributed by atoms with van der Waals surface area (Å²) >= 11 is 0. The number of hydrogen-bond donors (Lipinski definition) is 2. The van der Waals surface area contributed by atoms with Crippen molar-refractivity contribution in [1.29, 1.82) is 10.5 Å². The number of benzene rings is 1. The summed E-state index contributed by atoms with van der Waals surface area (Å²) in [6.07, 6.45) is -0.291. The molecule has 0 aliphatic carbocycles. The van der Waals surface area contributed by atoms with Crippen molar-refractivity contribution in [3.8, 4) is 23.3 Å². The Morgan fingerprint density at radius 2 is 1.69 bits per heavy atom. The number of anilines is 1. The van der Waals surface area contributed by atoms with Crippen LogP contribution in [0.2, 0.25) is 0 Å². The lowest BCUT2D eigenvalue weighted by Gasteiger charge is -2.35. The lowest BCUT2D eigenvalue weighted by atomic mass is 9.96. The summed E-state index contributed by atoms with van der Waals surface area (Å²) in [6.45, 7) is 8.88. The number of carbonyl (C=O) groups excluding carboxylic acids is 1. The molecule has 0 radical (unpaired) electrons. The number of nitrogen functional groups attached to an aromatic ring is 1. The minimum atomic E-state index is -0.620. The number of nitrogens with two attached hydrogens (primary N) is 1. The van der Waals surface area contributed by atoms with E-state index >= 15 is 0 Å². The standard InChI is InChI=1S/C23H26N6O3/c1-23(2,3)32-22(31)29-10-8-28(9-11-29)14-15-4-6-16(7-5-15)19-17(12-24)20(26)27-21(30)18(19)13-25/h4-7H,8-11,14H2,1-3H3,(H3,26,27,30). The molecule has 1 aliphatic heterocycles. The minimum absolute atomic E-state index is 0.0570. The highest BCUT2D eigenvalue weighted by molar-refractivity contribution is 5.80. The van der Waals surface area contributed by atoms with Gasteiger partial charge in [-0.05, 0) is 31.9 Å². The number of H-pyrrole nitrogens is 1. The Kier molecular flexibility index (Phi) is 6.52. The number of pyridine rings is 1. The van der Waals surface area contributed by atoms with E-state index in [1.165, 1.54) is 0 Å². The lowest BCUT2D eigenvalue weighted by Crippen LogP contribution is -2.49. The fraction of sp³-hybridized carbons (Fsp3) is 0.391. The molecule has 0 spiro atoms. The molecule has 2 aromatic rings. The summed E-state index contributed by atoms with van der Waals surface area (Å²) in [4.78, 5) is 30.6. The minimum Gasteiger partial charge on any atom is -0.444 e. The number of aromatic nitrogens is 1. The summed E-state index contributed by atoms with van der Waals surface area (Å²) in [6, 6.07) is 11.2. The number of carbonyl (C=O) groups is 1. The average Bonchev–Trinajstić information content (AvgIpc) is 2.73. The van der Waals surface area contributed by atoms with Crippen LogP contribution in [0.4, 0.5) is 10.6 Å². The fourth-order valence-electron chi connectivity index (χ4n) is 3.58. The van der Waals surface area contributed by atoms with Crippen LogP contribution in [0.1, 0.15) is 37.5 Å². The van der Waals surface area contributed by atoms with Gasteiger partial charge in [-0.15, -0.1) is 0 Å². The number of aromatic amines is 1. The smallest absolute Gasteiger partial charge is 0.410 e. The van der Waals surface area contributed by atoms with Crippen LogP contribution < -0.4 is 11.3 Å². The van der Waals surface area contributed by atoms with Crippen LogP contribution in [0.25, 0.3) is 11.1 Å². The predicted molar refractivity (Wildman–Crippen MR) is 119 cm³/mol. The van der Waals surface area contributed by atoms with E-state index in [1.807, 2.05) is 45.0 Å². The molecule has 0 unspecified atom stereocenters. The summed E-state index contributed by atoms with van der Waals surface area (Å²) < 4.78 is 5.43. The molecule has 1 fully saturated rings. The van der Waals surface area contributed by atoms with Crippen molar-refractivity contribution in [2.75, 3.05) is 31.9 Å². The van der Waals surface area contributed by atoms with Crippen LogP contribution in [-0.2, 0) is 11.3 Å². The number of piperazine rings is 1. The molecule has 0 saturated carbocycles. The zero-order valence-corrected chi connectivity index (χ0v) is 18.4. The van der Waals surface area contributed by atoms with Gasteiger partial charge in [0.05, 0.1) is 0 Å². The lowest BCUT2D eigenvalue weighted by molar-refractivity contribution is 0.0139. The van der Waals surface area contributed by atoms with Crippen molar-refractivity contribution in [3.05, 3.63) is 51.3 Å². The Labute approximate surface area is 186 Å². The first-order chi connectivity index (χ1) is 15.1. The highest BCUT2D eigenvalue weighted by Gasteiger charge is 2.26. The van der Waals surface area contributed by atoms with E-state index in [-0.39, 0.29) is 28.6 Å². The Hall–Kier alpha value is -3.82. The van der Waals surface area contributed by atoms with E-state index in [9.17, 15) is 20.1 Å². The average molecular weight is 435 g/mol. The van der Waals surface area contributed by atoms with Gasteiger partial charge < -0.3 is 20.4 Å². The molecule has 1 aliphatic rings. The SMILES string of the molecule is CC(C)(C)OC(=O)N1CCN(Cc2ccc(-c3c(C#N)c(N)[nH]c(=O)c3C#N)cc2)CC1. The molecule has 9 heteroatoms. The van der Waals surface area contributed by atoms with Crippen LogP contribution in [0, 0.1) is 22.7 Å². The van der Waals surface area contributed by atoms with Gasteiger partial charge in [0.2, 0.25) is 0 Å². The number of ether oxygens (including phenoxy) is 1. The Balaban J connectivity index is 1.70. The van der Waals surface area contributed by atoms with Crippen molar-refractivity contribution in [2.45, 2.75) is 32.9 Å². The molecule has 3 rings (SSSR count). The van der Waals surface area contributed by atoms with Gasteiger partial charge in [-0.1, -0.05) is 24.3 Å². The van der Waals surface area contributed by atoms with E-state index in [4.69, 9.17) is 10.5 Å². The van der Waals surface area contributed by atoms with E-state index < -0.39 is 11.2 Å². The summed E-state index contributed by atoms with van der Waals surface area (Å²) in [5.41, 5.74) is 6.45. The molecule has 166 valence electrons. The molecule has 1 amide bonds. The monoisotopic (exact) mass is 434 g/mol. The molecule has 9 nitrogen and oxygen atoms in total. The Bertz CT molecular complexity index is 1140. The van der Waals surface area contributed by atoms with Gasteiger partial charge in [0.25, 0.3) is 5.56 Å². The van der Waals surface area contributed by atoms with Gasteiger partial charge in [0.1, 0.15) is 34.7 Å². The van der Waals surface area contributed by atoms with Crippen LogP contribution in [-0.4, -0.2) is 52.7 Å². The topological polar surface area (TPSA) is 139 Å². The van der Waals surface area contributed by atoms with Gasteiger partial charge in [-0.2, -0.15) is 10.5 Å². The number of nitrogens with zero attached hydrogens (tertiary/aromatic N) is 4. The quantitative estimate of drug-likeness (QED) is 0.756. The molecular formula is C23H26N6O3. The van der Waals surface area contributed by atoms with Gasteiger partial charge in [0.15, 0.2) is 0 Å². The van der Waals surface area contributed by atoms with Crippen molar-refractivity contribution in [1.82, 2.24) is 14.8 Å². The molecule has 2 heterocycles. The third-order valence-corrected chi connectivity index (χ3v) is 5.14. The maximum atomic E-state index is 12.2. The van der Waals surface area contributed by atoms with Crippen LogP contribution in [0.5, 0.6) is 0 Å². The molecular weight excluding hydrogens is 408 g/mol. The van der Waals surface area contributed by atoms with Gasteiger partial charge in [-0.3, -0.25) is 9.69 Å². The molecule has 1 aromatic heterocycles. The number of nitrogens with one attached hydrogen (secondary N) is 1. The van der Waals surface area contributed by atoms with Gasteiger partial charge >= 0.3 is 6.09 Å². The predicted octanol–water partition coefficient (Wildman–Crippen LogP) is 2.42. The first-order valence-electron chi connectivity index (χ1n) is 10.3. The zero-order chi connectivity index (χ0) is 23.5. The second-order valence-electron chi connectivity index (χ2n) is 8.66. The van der Waals surface area contributed by atoms with Gasteiger partial charge in [0, 0.05) is 38.3 Å². The van der Waals surface area contributed by atoms with E-state index in [1.54, 1.807) is 17.0 Å². The van der Waals surface area contributed by atoms with Crippen LogP contribution in [0.15, 0.2) is 29.1 Å². The van der Waals surface area contributed by atoms with Crippen LogP contribution in [0.3, 0.4) is 0 Å². The van der Waals surface area contributed by atoms with E-state index in [0.29, 0.717) is 25.2 Å². The van der Waals surface area contributed by atoms with Crippen molar-refractivity contribution in [3.63, 3.8) is 0 Å². The largest absolute Gasteiger partial charge is 0.444 e. The third-order valence-electron chi connectivity index (χ3n) is 5.14. The second-order valence-corrected chi connectivity index (χ2v) is 8.66. The molecule has 1 aromatic carbocycles. The zero-order valence-electron chi connectivity index (χ0n) is 18.4. The number of rotatable bonds is 3. The summed E-state index contributed by atoms with van der Waals surface area (Å²) in [5, 5.41) is 18.9. The number of nitriles is 2. The third kappa shape index (κ3) is 5.08. The Morgan fingerprint density at radius 3 is 2.22 bits per heavy atom. The fourth-order valence-corrected chi connectivity index (χ4v) is 3.58. The molecule has 1 saturated heterocycles. The highest BCUT2D eigenvalue weighted by Crippen LogP contribution is 2.28. The molecule has 0 atom stereocenters. The van der Waals surface area contributed by atoms with Crippen molar-refractivity contribution >= 4 is 11.9 Å². The molecule has 0 bridgehead atoms. The highest BCUT2D eigenvalue weighted by atomic mass is 16.6. The molecule has 3 N–H and O–H groups in total. The summed E-state index contributed by atoms with van der Waals surface area (Å²) in [7, 11) is 0. The van der Waals surface area contributed by atoms with E-state index in [0.717, 1.165) is 18.7 Å². The van der Waals surface area contributed by atoms with Crippen molar-refractivity contribution < 1.29 is 9.53 Å². The first-order valence-corrected chi connectivity index (χ1v) is 10.3. The maximum Gasteiger partial charge on any atom is 0.410 e. The second kappa shape index (κ2) is 9.13. The van der Waals surface area contributed by atoms with Gasteiger partial charge in [-0.25, -0.2) is 4.79 Å². The van der Waals surface area contributed by atoms with E-state index in [2.05, 4.69) is 9.88 Å². The maximum absolute atomic E-state index is 12.2. The van der Waals surface area contributed by atoms with Crippen molar-refractivity contribution in [2.24, 2.45) is 0 Å². The normalized spacial score (nSPS) is 14.5. The first kappa shape index (κ1) is 22.9. The number of hydrogen-bond acceptors (Lipinski definition) is 7. The van der Waals surface area contributed by atoms with Crippen LogP contribution >= 0.6 is 0 Å². The Morgan fingerprint density at radius 1 is 1.09 bits per heavy atom. The number of amides is 1. The molecule has 32 heavy (non-hydrogen) atoms.